The van der Waals surface area contributed by atoms with E-state index in [-0.39, 0.29) is 23.2 Å². The summed E-state index contributed by atoms with van der Waals surface area (Å²) in [7, 11) is 1.48. The standard InChI is InChI=1S/C23H22N2O4S/c1-13(2)29-19-10-15(9-18(28-4)21(19)26)11-20-22(27)25-12-17(24-23(25)30-20)16-7-5-6-14(3)8-16/h5-13,26H,1-4H3/b20-11-. The Balaban J connectivity index is 1.79. The van der Waals surface area contributed by atoms with Gasteiger partial charge < -0.3 is 14.6 Å². The lowest BCUT2D eigenvalue weighted by atomic mass is 10.1. The largest absolute Gasteiger partial charge is 0.502 e. The third-order valence-electron chi connectivity index (χ3n) is 4.56. The summed E-state index contributed by atoms with van der Waals surface area (Å²) >= 11 is 1.32. The van der Waals surface area contributed by atoms with Gasteiger partial charge in [-0.15, -0.1) is 0 Å². The molecule has 2 heterocycles. The zero-order valence-corrected chi connectivity index (χ0v) is 18.0. The van der Waals surface area contributed by atoms with Gasteiger partial charge in [-0.2, -0.15) is 0 Å². The van der Waals surface area contributed by atoms with E-state index in [1.165, 1.54) is 18.4 Å². The second-order valence-electron chi connectivity index (χ2n) is 7.30. The van der Waals surface area contributed by atoms with Gasteiger partial charge in [0.25, 0.3) is 5.56 Å². The maximum atomic E-state index is 12.9. The van der Waals surface area contributed by atoms with Gasteiger partial charge >= 0.3 is 0 Å². The Morgan fingerprint density at radius 3 is 2.63 bits per heavy atom. The second-order valence-corrected chi connectivity index (χ2v) is 8.31. The van der Waals surface area contributed by atoms with Crippen molar-refractivity contribution in [3.05, 3.63) is 68.6 Å². The number of hydrogen-bond donors (Lipinski definition) is 1. The van der Waals surface area contributed by atoms with Crippen LogP contribution in [0.5, 0.6) is 17.2 Å². The van der Waals surface area contributed by atoms with Crippen molar-refractivity contribution in [2.24, 2.45) is 0 Å². The third-order valence-corrected chi connectivity index (χ3v) is 5.54. The van der Waals surface area contributed by atoms with Crippen molar-refractivity contribution in [3.8, 4) is 28.5 Å². The molecule has 4 rings (SSSR count). The van der Waals surface area contributed by atoms with Gasteiger partial charge in [-0.25, -0.2) is 4.98 Å². The predicted molar refractivity (Wildman–Crippen MR) is 119 cm³/mol. The molecule has 6 nitrogen and oxygen atoms in total. The fourth-order valence-corrected chi connectivity index (χ4v) is 4.17. The van der Waals surface area contributed by atoms with E-state index in [9.17, 15) is 9.90 Å². The van der Waals surface area contributed by atoms with Gasteiger partial charge in [0.2, 0.25) is 5.75 Å². The van der Waals surface area contributed by atoms with E-state index in [1.54, 1.807) is 28.8 Å². The van der Waals surface area contributed by atoms with Crippen LogP contribution in [-0.4, -0.2) is 27.7 Å². The summed E-state index contributed by atoms with van der Waals surface area (Å²) in [6.07, 6.45) is 3.41. The molecule has 7 heteroatoms. The highest BCUT2D eigenvalue weighted by Crippen LogP contribution is 2.38. The first-order valence-electron chi connectivity index (χ1n) is 9.54. The molecule has 0 unspecified atom stereocenters. The van der Waals surface area contributed by atoms with Crippen LogP contribution in [0.3, 0.4) is 0 Å². The average molecular weight is 423 g/mol. The van der Waals surface area contributed by atoms with E-state index in [0.29, 0.717) is 20.8 Å². The average Bonchev–Trinajstić information content (AvgIpc) is 3.23. The minimum atomic E-state index is -0.139. The second kappa shape index (κ2) is 7.84. The lowest BCUT2D eigenvalue weighted by molar-refractivity contribution is 0.228. The summed E-state index contributed by atoms with van der Waals surface area (Å²) in [6.45, 7) is 5.77. The number of methoxy groups -OCH3 is 1. The summed E-state index contributed by atoms with van der Waals surface area (Å²) in [4.78, 5) is 18.2. The first-order chi connectivity index (χ1) is 14.4. The quantitative estimate of drug-likeness (QED) is 0.530. The van der Waals surface area contributed by atoms with Gasteiger partial charge in [0, 0.05) is 11.8 Å². The van der Waals surface area contributed by atoms with Crippen LogP contribution in [0.1, 0.15) is 25.0 Å². The number of fused-ring (bicyclic) bond motifs is 1. The SMILES string of the molecule is COc1cc(/C=c2\sc3nc(-c4cccc(C)c4)cn3c2=O)cc(OC(C)C)c1O. The lowest BCUT2D eigenvalue weighted by Gasteiger charge is -2.14. The number of phenolic OH excluding ortho intramolecular Hbond substituents is 1. The van der Waals surface area contributed by atoms with Gasteiger partial charge in [0.15, 0.2) is 16.5 Å². The monoisotopic (exact) mass is 422 g/mol. The van der Waals surface area contributed by atoms with Crippen molar-refractivity contribution >= 4 is 22.4 Å². The van der Waals surface area contributed by atoms with Gasteiger partial charge in [0.05, 0.1) is 23.4 Å². The molecule has 0 saturated carbocycles. The molecule has 0 aliphatic carbocycles. The minimum Gasteiger partial charge on any atom is -0.502 e. The summed E-state index contributed by atoms with van der Waals surface area (Å²) in [6, 6.07) is 11.4. The Morgan fingerprint density at radius 2 is 1.97 bits per heavy atom. The van der Waals surface area contributed by atoms with Crippen LogP contribution in [0, 0.1) is 6.92 Å². The molecule has 2 aromatic carbocycles. The molecular weight excluding hydrogens is 400 g/mol. The molecule has 0 radical (unpaired) electrons. The highest BCUT2D eigenvalue weighted by Gasteiger charge is 2.14. The Morgan fingerprint density at radius 1 is 1.20 bits per heavy atom. The summed E-state index contributed by atoms with van der Waals surface area (Å²) < 4.78 is 13.0. The zero-order chi connectivity index (χ0) is 21.4. The molecule has 0 aliphatic rings. The number of hydrogen-bond acceptors (Lipinski definition) is 6. The molecule has 30 heavy (non-hydrogen) atoms. The fraction of sp³-hybridized carbons (Fsp3) is 0.217. The fourth-order valence-electron chi connectivity index (χ4n) is 3.21. The van der Waals surface area contributed by atoms with Crippen molar-refractivity contribution < 1.29 is 14.6 Å². The Bertz CT molecular complexity index is 1340. The van der Waals surface area contributed by atoms with Crippen LogP contribution in [0.25, 0.3) is 22.3 Å². The maximum Gasteiger partial charge on any atom is 0.274 e. The molecule has 0 bridgehead atoms. The summed E-state index contributed by atoms with van der Waals surface area (Å²) in [5.41, 5.74) is 3.45. The molecular formula is C23H22N2O4S. The first kappa shape index (κ1) is 20.0. The van der Waals surface area contributed by atoms with Crippen molar-refractivity contribution in [2.75, 3.05) is 7.11 Å². The molecule has 0 fully saturated rings. The van der Waals surface area contributed by atoms with E-state index in [4.69, 9.17) is 9.47 Å². The predicted octanol–water partition coefficient (Wildman–Crippen LogP) is 3.78. The van der Waals surface area contributed by atoms with Crippen molar-refractivity contribution in [2.45, 2.75) is 26.9 Å². The van der Waals surface area contributed by atoms with Crippen LogP contribution in [0.4, 0.5) is 0 Å². The molecule has 1 N–H and O–H groups in total. The third kappa shape index (κ3) is 3.76. The number of aryl methyl sites for hydroxylation is 1. The Kier molecular flexibility index (Phi) is 5.22. The molecule has 2 aromatic heterocycles. The van der Waals surface area contributed by atoms with Crippen LogP contribution in [-0.2, 0) is 0 Å². The highest BCUT2D eigenvalue weighted by molar-refractivity contribution is 7.15. The topological polar surface area (TPSA) is 73.1 Å². The normalized spacial score (nSPS) is 12.1. The molecule has 4 aromatic rings. The number of aromatic hydroxyl groups is 1. The van der Waals surface area contributed by atoms with E-state index in [2.05, 4.69) is 4.98 Å². The van der Waals surface area contributed by atoms with E-state index in [0.717, 1.165) is 16.8 Å². The van der Waals surface area contributed by atoms with Crippen LogP contribution >= 0.6 is 11.3 Å². The zero-order valence-electron chi connectivity index (χ0n) is 17.2. The molecule has 0 saturated heterocycles. The van der Waals surface area contributed by atoms with Crippen molar-refractivity contribution in [3.63, 3.8) is 0 Å². The van der Waals surface area contributed by atoms with Gasteiger partial charge in [0.1, 0.15) is 0 Å². The van der Waals surface area contributed by atoms with Crippen LogP contribution in [0.2, 0.25) is 0 Å². The van der Waals surface area contributed by atoms with E-state index < -0.39 is 0 Å². The van der Waals surface area contributed by atoms with Crippen LogP contribution in [0.15, 0.2) is 47.4 Å². The lowest BCUT2D eigenvalue weighted by Crippen LogP contribution is -2.22. The molecule has 0 aliphatic heterocycles. The molecule has 0 atom stereocenters. The van der Waals surface area contributed by atoms with Gasteiger partial charge in [-0.3, -0.25) is 9.20 Å². The number of thiazole rings is 1. The Hall–Kier alpha value is -3.32. The number of nitrogens with zero attached hydrogens (tertiary/aromatic N) is 2. The van der Waals surface area contributed by atoms with Crippen molar-refractivity contribution in [1.82, 2.24) is 9.38 Å². The van der Waals surface area contributed by atoms with Gasteiger partial charge in [-0.1, -0.05) is 35.1 Å². The van der Waals surface area contributed by atoms with Gasteiger partial charge in [-0.05, 0) is 50.6 Å². The number of phenols is 1. The molecule has 0 spiro atoms. The summed E-state index contributed by atoms with van der Waals surface area (Å²) in [5, 5.41) is 10.3. The number of ether oxygens (including phenoxy) is 2. The van der Waals surface area contributed by atoms with Crippen molar-refractivity contribution in [1.29, 1.82) is 0 Å². The Labute approximate surface area is 177 Å². The molecule has 154 valence electrons. The number of rotatable bonds is 5. The number of benzene rings is 2. The van der Waals surface area contributed by atoms with Crippen LogP contribution < -0.4 is 19.6 Å². The number of imidazole rings is 1. The summed E-state index contributed by atoms with van der Waals surface area (Å²) in [5.74, 6) is 0.538. The van der Waals surface area contributed by atoms with E-state index >= 15 is 0 Å². The molecule has 0 amide bonds. The van der Waals surface area contributed by atoms with E-state index in [1.807, 2.05) is 45.0 Å². The smallest absolute Gasteiger partial charge is 0.274 e. The minimum absolute atomic E-state index is 0.0607. The number of aromatic nitrogens is 2. The first-order valence-corrected chi connectivity index (χ1v) is 10.4. The maximum absolute atomic E-state index is 12.9. The highest BCUT2D eigenvalue weighted by atomic mass is 32.1.